The lowest BCUT2D eigenvalue weighted by atomic mass is 9.77. The van der Waals surface area contributed by atoms with E-state index in [1.165, 1.54) is 31.9 Å². The van der Waals surface area contributed by atoms with Crippen LogP contribution in [0.1, 0.15) is 58.3 Å². The number of rotatable bonds is 3. The molecular formula is C13H23N3O2. The van der Waals surface area contributed by atoms with Gasteiger partial charge >= 0.3 is 6.03 Å². The summed E-state index contributed by atoms with van der Waals surface area (Å²) in [6.45, 7) is 2.00. The van der Waals surface area contributed by atoms with E-state index < -0.39 is 6.03 Å². The second-order valence-electron chi connectivity index (χ2n) is 5.28. The number of carbonyl (C=O) groups excluding carboxylic acids is 2. The van der Waals surface area contributed by atoms with E-state index in [2.05, 4.69) is 10.5 Å². The highest BCUT2D eigenvalue weighted by Crippen LogP contribution is 2.33. The van der Waals surface area contributed by atoms with Crippen molar-refractivity contribution in [2.45, 2.75) is 58.3 Å². The number of amides is 2. The smallest absolute Gasteiger partial charge is 0.332 e. The summed E-state index contributed by atoms with van der Waals surface area (Å²) in [6, 6.07) is -0.751. The second-order valence-corrected chi connectivity index (χ2v) is 5.28. The Kier molecular flexibility index (Phi) is 5.82. The number of Topliss-reactive ketones (excluding diaryl/α,β-unsaturated/α-hetero) is 1. The van der Waals surface area contributed by atoms with Gasteiger partial charge in [0.05, 0.1) is 6.21 Å². The quantitative estimate of drug-likeness (QED) is 0.597. The molecule has 5 nitrogen and oxygen atoms in total. The van der Waals surface area contributed by atoms with Gasteiger partial charge in [0.25, 0.3) is 0 Å². The molecule has 0 radical (unpaired) electrons. The van der Waals surface area contributed by atoms with E-state index in [9.17, 15) is 9.59 Å². The Morgan fingerprint density at radius 3 is 2.11 bits per heavy atom. The van der Waals surface area contributed by atoms with Crippen LogP contribution in [-0.2, 0) is 4.79 Å². The molecular weight excluding hydrogens is 230 g/mol. The van der Waals surface area contributed by atoms with Crippen molar-refractivity contribution in [1.82, 2.24) is 5.43 Å². The molecule has 0 saturated heterocycles. The third-order valence-electron chi connectivity index (χ3n) is 3.66. The molecule has 0 spiro atoms. The Morgan fingerprint density at radius 1 is 1.11 bits per heavy atom. The molecule has 0 aromatic rings. The van der Waals surface area contributed by atoms with E-state index in [4.69, 9.17) is 5.73 Å². The molecule has 1 fully saturated rings. The molecule has 0 aromatic heterocycles. The number of primary amides is 1. The number of nitrogens with zero attached hydrogens (tertiary/aromatic N) is 1. The summed E-state index contributed by atoms with van der Waals surface area (Å²) in [5.41, 5.74) is 6.60. The van der Waals surface area contributed by atoms with Gasteiger partial charge in [-0.2, -0.15) is 5.10 Å². The molecule has 1 saturated carbocycles. The second kappa shape index (κ2) is 7.13. The minimum Gasteiger partial charge on any atom is -0.350 e. The van der Waals surface area contributed by atoms with E-state index >= 15 is 0 Å². The molecule has 1 aliphatic rings. The Bertz CT molecular complexity index is 316. The van der Waals surface area contributed by atoms with Gasteiger partial charge < -0.3 is 5.73 Å². The maximum atomic E-state index is 12.1. The maximum absolute atomic E-state index is 12.1. The highest BCUT2D eigenvalue weighted by molar-refractivity contribution is 6.29. The summed E-state index contributed by atoms with van der Waals surface area (Å²) < 4.78 is 0. The predicted octanol–water partition coefficient (Wildman–Crippen LogP) is 2.35. The number of ketones is 1. The summed E-state index contributed by atoms with van der Waals surface area (Å²) in [4.78, 5) is 22.6. The van der Waals surface area contributed by atoms with Crippen LogP contribution in [0.25, 0.3) is 0 Å². The van der Waals surface area contributed by atoms with E-state index in [1.54, 1.807) is 0 Å². The number of hydrogen-bond donors (Lipinski definition) is 2. The zero-order chi connectivity index (χ0) is 13.4. The SMILES string of the molecule is CC1(C(=O)/C=N/NC(N)=O)CCCCCCCC1. The molecule has 0 atom stereocenters. The fourth-order valence-corrected chi connectivity index (χ4v) is 2.42. The molecule has 0 aliphatic heterocycles. The van der Waals surface area contributed by atoms with Crippen molar-refractivity contribution in [2.24, 2.45) is 16.3 Å². The van der Waals surface area contributed by atoms with Crippen LogP contribution in [0.2, 0.25) is 0 Å². The fraction of sp³-hybridized carbons (Fsp3) is 0.769. The highest BCUT2D eigenvalue weighted by Gasteiger charge is 2.31. The standard InChI is InChI=1S/C13H23N3O2/c1-13(11(17)10-15-16-12(14)18)8-6-4-2-3-5-7-9-13/h10H,2-9H2,1H3,(H3,14,16,18)/b15-10+. The molecule has 1 rings (SSSR count). The van der Waals surface area contributed by atoms with Gasteiger partial charge in [-0.3, -0.25) is 4.79 Å². The first-order chi connectivity index (χ1) is 8.54. The van der Waals surface area contributed by atoms with Gasteiger partial charge in [-0.1, -0.05) is 45.4 Å². The fourth-order valence-electron chi connectivity index (χ4n) is 2.42. The van der Waals surface area contributed by atoms with Crippen LogP contribution in [-0.4, -0.2) is 18.0 Å². The van der Waals surface area contributed by atoms with Crippen LogP contribution in [0.15, 0.2) is 5.10 Å². The van der Waals surface area contributed by atoms with Gasteiger partial charge in [0.15, 0.2) is 5.78 Å². The van der Waals surface area contributed by atoms with Crippen LogP contribution >= 0.6 is 0 Å². The zero-order valence-corrected chi connectivity index (χ0v) is 11.1. The van der Waals surface area contributed by atoms with Crippen molar-refractivity contribution >= 4 is 18.0 Å². The molecule has 102 valence electrons. The summed E-state index contributed by atoms with van der Waals surface area (Å²) >= 11 is 0. The minimum atomic E-state index is -0.751. The number of carbonyl (C=O) groups is 2. The van der Waals surface area contributed by atoms with Crippen molar-refractivity contribution < 1.29 is 9.59 Å². The topological polar surface area (TPSA) is 84.6 Å². The van der Waals surface area contributed by atoms with Gasteiger partial charge in [-0.05, 0) is 12.8 Å². The summed E-state index contributed by atoms with van der Waals surface area (Å²) in [7, 11) is 0. The summed E-state index contributed by atoms with van der Waals surface area (Å²) in [5.74, 6) is -0.0156. The zero-order valence-electron chi connectivity index (χ0n) is 11.1. The molecule has 0 unspecified atom stereocenters. The minimum absolute atomic E-state index is 0.0156. The van der Waals surface area contributed by atoms with Crippen molar-refractivity contribution in [2.75, 3.05) is 0 Å². The molecule has 0 aromatic carbocycles. The Balaban J connectivity index is 2.59. The highest BCUT2D eigenvalue weighted by atomic mass is 16.2. The van der Waals surface area contributed by atoms with Crippen molar-refractivity contribution in [1.29, 1.82) is 0 Å². The van der Waals surface area contributed by atoms with E-state index in [0.29, 0.717) is 0 Å². The maximum Gasteiger partial charge on any atom is 0.332 e. The normalized spacial score (nSPS) is 20.7. The predicted molar refractivity (Wildman–Crippen MR) is 71.3 cm³/mol. The van der Waals surface area contributed by atoms with Crippen molar-refractivity contribution in [3.8, 4) is 0 Å². The Labute approximate surface area is 108 Å². The third kappa shape index (κ3) is 4.85. The lowest BCUT2D eigenvalue weighted by Gasteiger charge is -2.25. The number of nitrogens with two attached hydrogens (primary N) is 1. The van der Waals surface area contributed by atoms with Gasteiger partial charge in [0.1, 0.15) is 0 Å². The van der Waals surface area contributed by atoms with Crippen molar-refractivity contribution in [3.63, 3.8) is 0 Å². The first-order valence-corrected chi connectivity index (χ1v) is 6.67. The average molecular weight is 253 g/mol. The van der Waals surface area contributed by atoms with E-state index in [0.717, 1.165) is 25.7 Å². The van der Waals surface area contributed by atoms with Crippen molar-refractivity contribution in [3.05, 3.63) is 0 Å². The Morgan fingerprint density at radius 2 is 1.61 bits per heavy atom. The van der Waals surface area contributed by atoms with Gasteiger partial charge in [0, 0.05) is 5.41 Å². The number of hydrogen-bond acceptors (Lipinski definition) is 3. The van der Waals surface area contributed by atoms with Crippen LogP contribution in [0.5, 0.6) is 0 Å². The Hall–Kier alpha value is -1.39. The average Bonchev–Trinajstić information content (AvgIpc) is 2.41. The molecule has 0 bridgehead atoms. The summed E-state index contributed by atoms with van der Waals surface area (Å²) in [6.07, 6.45) is 10.1. The first kappa shape index (κ1) is 14.7. The van der Waals surface area contributed by atoms with E-state index in [1.807, 2.05) is 6.92 Å². The number of nitrogens with one attached hydrogen (secondary N) is 1. The van der Waals surface area contributed by atoms with Crippen LogP contribution in [0.4, 0.5) is 4.79 Å². The molecule has 3 N–H and O–H groups in total. The van der Waals surface area contributed by atoms with Gasteiger partial charge in [-0.25, -0.2) is 10.2 Å². The first-order valence-electron chi connectivity index (χ1n) is 6.67. The van der Waals surface area contributed by atoms with Gasteiger partial charge in [0.2, 0.25) is 0 Å². The van der Waals surface area contributed by atoms with E-state index in [-0.39, 0.29) is 11.2 Å². The largest absolute Gasteiger partial charge is 0.350 e. The molecule has 1 aliphatic carbocycles. The lowest BCUT2D eigenvalue weighted by Crippen LogP contribution is -2.31. The number of urea groups is 1. The van der Waals surface area contributed by atoms with Crippen LogP contribution < -0.4 is 11.2 Å². The molecule has 18 heavy (non-hydrogen) atoms. The molecule has 0 heterocycles. The van der Waals surface area contributed by atoms with Crippen LogP contribution in [0, 0.1) is 5.41 Å². The molecule has 5 heteroatoms. The number of hydrazone groups is 1. The monoisotopic (exact) mass is 253 g/mol. The molecule has 2 amide bonds. The van der Waals surface area contributed by atoms with Crippen LogP contribution in [0.3, 0.4) is 0 Å². The lowest BCUT2D eigenvalue weighted by molar-refractivity contribution is -0.121. The third-order valence-corrected chi connectivity index (χ3v) is 3.66. The summed E-state index contributed by atoms with van der Waals surface area (Å²) in [5, 5.41) is 3.57. The van der Waals surface area contributed by atoms with Gasteiger partial charge in [-0.15, -0.1) is 0 Å².